The number of carboxylic acids is 1. The predicted molar refractivity (Wildman–Crippen MR) is 77.3 cm³/mol. The van der Waals surface area contributed by atoms with Gasteiger partial charge in [-0.1, -0.05) is 6.07 Å². The van der Waals surface area contributed by atoms with Crippen LogP contribution < -0.4 is 10.1 Å². The van der Waals surface area contributed by atoms with Crippen LogP contribution in [0.25, 0.3) is 0 Å². The normalized spacial score (nSPS) is 11.8. The van der Waals surface area contributed by atoms with Gasteiger partial charge in [0, 0.05) is 13.0 Å². The Hall–Kier alpha value is -2.08. The third kappa shape index (κ3) is 6.76. The van der Waals surface area contributed by atoms with Crippen molar-refractivity contribution in [3.05, 3.63) is 29.3 Å². The number of nitrogens with one attached hydrogen (secondary N) is 1. The van der Waals surface area contributed by atoms with Gasteiger partial charge in [0.2, 0.25) is 5.91 Å². The number of aliphatic hydroxyl groups excluding tert-OH is 1. The highest BCUT2D eigenvalue weighted by Crippen LogP contribution is 2.16. The minimum atomic E-state index is -1.45. The summed E-state index contributed by atoms with van der Waals surface area (Å²) in [5.74, 6) is -0.805. The number of aliphatic carboxylic acids is 1. The lowest BCUT2D eigenvalue weighted by molar-refractivity contribution is -0.147. The smallest absolute Gasteiger partial charge is 0.332 e. The van der Waals surface area contributed by atoms with Crippen LogP contribution in [0.3, 0.4) is 0 Å². The summed E-state index contributed by atoms with van der Waals surface area (Å²) in [6.45, 7) is 4.31. The molecule has 0 bridgehead atoms. The van der Waals surface area contributed by atoms with Gasteiger partial charge in [0.15, 0.2) is 6.10 Å². The fourth-order valence-electron chi connectivity index (χ4n) is 1.84. The van der Waals surface area contributed by atoms with Gasteiger partial charge in [-0.05, 0) is 37.1 Å². The molecule has 0 saturated carbocycles. The molecule has 0 spiro atoms. The molecule has 1 rings (SSSR count). The number of carbonyl (C=O) groups is 2. The highest BCUT2D eigenvalue weighted by Gasteiger charge is 2.12. The van der Waals surface area contributed by atoms with Crippen molar-refractivity contribution in [3.63, 3.8) is 0 Å². The van der Waals surface area contributed by atoms with Gasteiger partial charge in [0.25, 0.3) is 0 Å². The molecule has 0 aliphatic rings. The first-order valence-corrected chi connectivity index (χ1v) is 6.77. The summed E-state index contributed by atoms with van der Waals surface area (Å²) >= 11 is 0. The molecule has 0 unspecified atom stereocenters. The molecule has 0 fully saturated rings. The Morgan fingerprint density at radius 3 is 2.43 bits per heavy atom. The van der Waals surface area contributed by atoms with E-state index >= 15 is 0 Å². The second-order valence-corrected chi connectivity index (χ2v) is 4.91. The average Bonchev–Trinajstić information content (AvgIpc) is 2.37. The van der Waals surface area contributed by atoms with E-state index in [1.165, 1.54) is 0 Å². The van der Waals surface area contributed by atoms with E-state index in [1.807, 2.05) is 32.0 Å². The van der Waals surface area contributed by atoms with Crippen LogP contribution in [0.4, 0.5) is 0 Å². The Morgan fingerprint density at radius 1 is 1.24 bits per heavy atom. The maximum Gasteiger partial charge on any atom is 0.332 e. The molecule has 3 N–H and O–H groups in total. The summed E-state index contributed by atoms with van der Waals surface area (Å²) in [6.07, 6.45) is -1.29. The SMILES string of the molecule is Cc1cc(C)cc(OCCC(=O)NCC[C@H](O)C(=O)O)c1. The van der Waals surface area contributed by atoms with Crippen LogP contribution in [0.1, 0.15) is 24.0 Å². The molecule has 0 aromatic heterocycles. The quantitative estimate of drug-likeness (QED) is 0.665. The Morgan fingerprint density at radius 2 is 1.86 bits per heavy atom. The maximum absolute atomic E-state index is 11.5. The topological polar surface area (TPSA) is 95.9 Å². The number of benzene rings is 1. The highest BCUT2D eigenvalue weighted by molar-refractivity contribution is 5.76. The summed E-state index contributed by atoms with van der Waals surface area (Å²) in [5, 5.41) is 20.1. The molecular weight excluding hydrogens is 274 g/mol. The molecule has 0 heterocycles. The summed E-state index contributed by atoms with van der Waals surface area (Å²) < 4.78 is 5.50. The zero-order chi connectivity index (χ0) is 15.8. The van der Waals surface area contributed by atoms with Gasteiger partial charge in [0.05, 0.1) is 13.0 Å². The van der Waals surface area contributed by atoms with Gasteiger partial charge in [-0.2, -0.15) is 0 Å². The number of aliphatic hydroxyl groups is 1. The molecule has 6 nitrogen and oxygen atoms in total. The largest absolute Gasteiger partial charge is 0.493 e. The monoisotopic (exact) mass is 295 g/mol. The van der Waals surface area contributed by atoms with Crippen molar-refractivity contribution in [1.29, 1.82) is 0 Å². The third-order valence-electron chi connectivity index (χ3n) is 2.82. The highest BCUT2D eigenvalue weighted by atomic mass is 16.5. The summed E-state index contributed by atoms with van der Waals surface area (Å²) in [5.41, 5.74) is 2.19. The summed E-state index contributed by atoms with van der Waals surface area (Å²) in [7, 11) is 0. The first-order chi connectivity index (χ1) is 9.88. The fraction of sp³-hybridized carbons (Fsp3) is 0.467. The van der Waals surface area contributed by atoms with Crippen molar-refractivity contribution >= 4 is 11.9 Å². The minimum Gasteiger partial charge on any atom is -0.493 e. The van der Waals surface area contributed by atoms with Crippen LogP contribution in [0, 0.1) is 13.8 Å². The van der Waals surface area contributed by atoms with Crippen LogP contribution in [0.15, 0.2) is 18.2 Å². The number of hydrogen-bond donors (Lipinski definition) is 3. The molecule has 1 amide bonds. The lowest BCUT2D eigenvalue weighted by Gasteiger charge is -2.09. The van der Waals surface area contributed by atoms with E-state index in [1.54, 1.807) is 0 Å². The van der Waals surface area contributed by atoms with Crippen molar-refractivity contribution < 1.29 is 24.5 Å². The Bertz CT molecular complexity index is 481. The van der Waals surface area contributed by atoms with Crippen LogP contribution >= 0.6 is 0 Å². The van der Waals surface area contributed by atoms with E-state index in [9.17, 15) is 9.59 Å². The lowest BCUT2D eigenvalue weighted by atomic mass is 10.1. The minimum absolute atomic E-state index is 0.0149. The zero-order valence-corrected chi connectivity index (χ0v) is 12.3. The molecule has 0 aliphatic carbocycles. The molecule has 1 aromatic rings. The Balaban J connectivity index is 2.23. The van der Waals surface area contributed by atoms with E-state index in [-0.39, 0.29) is 31.9 Å². The molecule has 1 atom stereocenters. The van der Waals surface area contributed by atoms with Crippen molar-refractivity contribution in [2.75, 3.05) is 13.2 Å². The molecular formula is C15H21NO5. The van der Waals surface area contributed by atoms with E-state index < -0.39 is 12.1 Å². The number of aryl methyl sites for hydroxylation is 2. The van der Waals surface area contributed by atoms with Gasteiger partial charge in [-0.15, -0.1) is 0 Å². The Kier molecular flexibility index (Phi) is 6.68. The molecule has 1 aromatic carbocycles. The van der Waals surface area contributed by atoms with Gasteiger partial charge in [-0.25, -0.2) is 4.79 Å². The number of amides is 1. The van der Waals surface area contributed by atoms with Gasteiger partial charge in [0.1, 0.15) is 5.75 Å². The third-order valence-corrected chi connectivity index (χ3v) is 2.82. The molecule has 21 heavy (non-hydrogen) atoms. The van der Waals surface area contributed by atoms with Gasteiger partial charge >= 0.3 is 5.97 Å². The number of hydrogen-bond acceptors (Lipinski definition) is 4. The van der Waals surface area contributed by atoms with Crippen molar-refractivity contribution in [2.45, 2.75) is 32.8 Å². The standard InChI is InChI=1S/C15H21NO5/c1-10-7-11(2)9-12(8-10)21-6-4-14(18)16-5-3-13(17)15(19)20/h7-9,13,17H,3-6H2,1-2H3,(H,16,18)(H,19,20)/t13-/m0/s1. The molecule has 0 saturated heterocycles. The number of carbonyl (C=O) groups excluding carboxylic acids is 1. The maximum atomic E-state index is 11.5. The van der Waals surface area contributed by atoms with Crippen LogP contribution in [-0.2, 0) is 9.59 Å². The fourth-order valence-corrected chi connectivity index (χ4v) is 1.84. The van der Waals surface area contributed by atoms with E-state index in [0.29, 0.717) is 0 Å². The predicted octanol–water partition coefficient (Wildman–Crippen LogP) is 1.02. The average molecular weight is 295 g/mol. The van der Waals surface area contributed by atoms with Crippen molar-refractivity contribution in [3.8, 4) is 5.75 Å². The first-order valence-electron chi connectivity index (χ1n) is 6.77. The van der Waals surface area contributed by atoms with Crippen LogP contribution in [-0.4, -0.2) is 41.3 Å². The summed E-state index contributed by atoms with van der Waals surface area (Å²) in [4.78, 5) is 21.9. The number of ether oxygens (including phenoxy) is 1. The van der Waals surface area contributed by atoms with Crippen LogP contribution in [0.2, 0.25) is 0 Å². The van der Waals surface area contributed by atoms with E-state index in [2.05, 4.69) is 5.32 Å². The van der Waals surface area contributed by atoms with Crippen molar-refractivity contribution in [2.24, 2.45) is 0 Å². The van der Waals surface area contributed by atoms with Gasteiger partial charge in [-0.3, -0.25) is 4.79 Å². The Labute approximate surface area is 123 Å². The number of carboxylic acid groups (broad SMARTS) is 1. The van der Waals surface area contributed by atoms with Crippen LogP contribution in [0.5, 0.6) is 5.75 Å². The van der Waals surface area contributed by atoms with E-state index in [0.717, 1.165) is 16.9 Å². The van der Waals surface area contributed by atoms with Crippen molar-refractivity contribution in [1.82, 2.24) is 5.32 Å². The van der Waals surface area contributed by atoms with Gasteiger partial charge < -0.3 is 20.3 Å². The summed E-state index contributed by atoms with van der Waals surface area (Å²) in [6, 6.07) is 5.83. The lowest BCUT2D eigenvalue weighted by Crippen LogP contribution is -2.30. The first kappa shape index (κ1) is 17.0. The molecule has 116 valence electrons. The zero-order valence-electron chi connectivity index (χ0n) is 12.3. The molecule has 6 heteroatoms. The van der Waals surface area contributed by atoms with E-state index in [4.69, 9.17) is 14.9 Å². The number of rotatable bonds is 8. The second kappa shape index (κ2) is 8.26. The second-order valence-electron chi connectivity index (χ2n) is 4.91. The molecule has 0 aliphatic heterocycles. The molecule has 0 radical (unpaired) electrons.